The first kappa shape index (κ1) is 15.4. The van der Waals surface area contributed by atoms with E-state index >= 15 is 0 Å². The molecule has 0 bridgehead atoms. The van der Waals surface area contributed by atoms with E-state index in [1.165, 1.54) is 0 Å². The summed E-state index contributed by atoms with van der Waals surface area (Å²) in [6, 6.07) is 5.24. The maximum absolute atomic E-state index is 8.71. The van der Waals surface area contributed by atoms with Gasteiger partial charge in [-0.2, -0.15) is 5.26 Å². The number of nitriles is 1. The lowest BCUT2D eigenvalue weighted by Crippen LogP contribution is -2.12. The number of ether oxygens (including phenoxy) is 4. The molecule has 0 aliphatic carbocycles. The maximum atomic E-state index is 8.71. The summed E-state index contributed by atoms with van der Waals surface area (Å²) >= 11 is 0. The second-order valence-electron chi connectivity index (χ2n) is 3.56. The number of rotatable bonds is 10. The van der Waals surface area contributed by atoms with Gasteiger partial charge in [-0.05, 0) is 6.07 Å². The van der Waals surface area contributed by atoms with Crippen LogP contribution in [-0.4, -0.2) is 51.7 Å². The fourth-order valence-electron chi connectivity index (χ4n) is 1.23. The van der Waals surface area contributed by atoms with Gasteiger partial charge in [-0.1, -0.05) is 0 Å². The van der Waals surface area contributed by atoms with E-state index < -0.39 is 0 Å². The second kappa shape index (κ2) is 10.3. The Kier molecular flexibility index (Phi) is 8.31. The van der Waals surface area contributed by atoms with Crippen LogP contribution in [0.3, 0.4) is 0 Å². The predicted molar refractivity (Wildman–Crippen MR) is 68.0 cm³/mol. The molecule has 104 valence electrons. The first-order valence-corrected chi connectivity index (χ1v) is 6.00. The molecule has 0 saturated heterocycles. The van der Waals surface area contributed by atoms with Crippen molar-refractivity contribution in [3.8, 4) is 11.9 Å². The second-order valence-corrected chi connectivity index (χ2v) is 3.56. The van der Waals surface area contributed by atoms with Crippen molar-refractivity contribution in [1.29, 1.82) is 5.26 Å². The Morgan fingerprint density at radius 2 is 1.79 bits per heavy atom. The third-order valence-electron chi connectivity index (χ3n) is 2.15. The molecular weight excluding hydrogens is 248 g/mol. The molecule has 1 aromatic rings. The van der Waals surface area contributed by atoms with Crippen molar-refractivity contribution in [3.63, 3.8) is 0 Å². The minimum atomic E-state index is 0.389. The van der Waals surface area contributed by atoms with Crippen molar-refractivity contribution in [3.05, 3.63) is 23.9 Å². The van der Waals surface area contributed by atoms with Crippen LogP contribution in [0.5, 0.6) is 5.88 Å². The van der Waals surface area contributed by atoms with Gasteiger partial charge in [-0.25, -0.2) is 4.98 Å². The molecule has 0 aliphatic heterocycles. The molecule has 0 aliphatic rings. The van der Waals surface area contributed by atoms with Crippen molar-refractivity contribution in [2.24, 2.45) is 0 Å². The number of hydrogen-bond donors (Lipinski definition) is 0. The van der Waals surface area contributed by atoms with Crippen LogP contribution in [0.1, 0.15) is 5.56 Å². The molecule has 0 atom stereocenters. The lowest BCUT2D eigenvalue weighted by Gasteiger charge is -2.07. The summed E-state index contributed by atoms with van der Waals surface area (Å²) in [7, 11) is 1.63. The zero-order valence-corrected chi connectivity index (χ0v) is 11.0. The fraction of sp³-hybridized carbons (Fsp3) is 0.538. The van der Waals surface area contributed by atoms with Crippen molar-refractivity contribution < 1.29 is 18.9 Å². The molecule has 0 spiro atoms. The van der Waals surface area contributed by atoms with Crippen LogP contribution >= 0.6 is 0 Å². The zero-order chi connectivity index (χ0) is 13.8. The monoisotopic (exact) mass is 266 g/mol. The molecule has 6 nitrogen and oxygen atoms in total. The minimum absolute atomic E-state index is 0.389. The summed E-state index contributed by atoms with van der Waals surface area (Å²) < 4.78 is 20.7. The van der Waals surface area contributed by atoms with Gasteiger partial charge in [-0.15, -0.1) is 0 Å². The van der Waals surface area contributed by atoms with Crippen LogP contribution in [0.15, 0.2) is 18.3 Å². The van der Waals surface area contributed by atoms with Gasteiger partial charge in [0.15, 0.2) is 0 Å². The first-order chi connectivity index (χ1) is 9.36. The van der Waals surface area contributed by atoms with Gasteiger partial charge in [0.1, 0.15) is 6.61 Å². The third kappa shape index (κ3) is 7.36. The Morgan fingerprint density at radius 3 is 2.47 bits per heavy atom. The third-order valence-corrected chi connectivity index (χ3v) is 2.15. The summed E-state index contributed by atoms with van der Waals surface area (Å²) in [4.78, 5) is 3.99. The number of hydrogen-bond acceptors (Lipinski definition) is 6. The van der Waals surface area contributed by atoms with Crippen LogP contribution in [0, 0.1) is 11.3 Å². The van der Waals surface area contributed by atoms with Gasteiger partial charge in [0, 0.05) is 19.4 Å². The highest BCUT2D eigenvalue weighted by atomic mass is 16.6. The van der Waals surface area contributed by atoms with Gasteiger partial charge in [-0.3, -0.25) is 0 Å². The number of pyridine rings is 1. The Bertz CT molecular complexity index is 392. The highest BCUT2D eigenvalue weighted by molar-refractivity contribution is 5.31. The highest BCUT2D eigenvalue weighted by Crippen LogP contribution is 2.07. The standard InChI is InChI=1S/C13H18N2O4/c1-16-4-5-17-6-7-18-8-9-19-13-10-12(11-14)2-3-15-13/h2-3,10H,4-9H2,1H3. The quantitative estimate of drug-likeness (QED) is 0.588. The minimum Gasteiger partial charge on any atom is -0.475 e. The molecule has 6 heteroatoms. The Labute approximate surface area is 112 Å². The maximum Gasteiger partial charge on any atom is 0.214 e. The summed E-state index contributed by atoms with van der Waals surface area (Å²) in [5.74, 6) is 0.430. The number of methoxy groups -OCH3 is 1. The van der Waals surface area contributed by atoms with Gasteiger partial charge < -0.3 is 18.9 Å². The van der Waals surface area contributed by atoms with Crippen molar-refractivity contribution >= 4 is 0 Å². The highest BCUT2D eigenvalue weighted by Gasteiger charge is 1.97. The summed E-state index contributed by atoms with van der Waals surface area (Å²) in [6.45, 7) is 3.04. The molecule has 0 N–H and O–H groups in total. The van der Waals surface area contributed by atoms with E-state index in [2.05, 4.69) is 4.98 Å². The zero-order valence-electron chi connectivity index (χ0n) is 11.0. The fourth-order valence-corrected chi connectivity index (χ4v) is 1.23. The van der Waals surface area contributed by atoms with E-state index in [-0.39, 0.29) is 0 Å². The lowest BCUT2D eigenvalue weighted by atomic mass is 10.3. The summed E-state index contributed by atoms with van der Waals surface area (Å²) in [5.41, 5.74) is 0.525. The van der Waals surface area contributed by atoms with Gasteiger partial charge in [0.05, 0.1) is 44.7 Å². The first-order valence-electron chi connectivity index (χ1n) is 6.00. The summed E-state index contributed by atoms with van der Waals surface area (Å²) in [6.07, 6.45) is 1.54. The van der Waals surface area contributed by atoms with E-state index in [1.54, 1.807) is 25.4 Å². The van der Waals surface area contributed by atoms with Crippen molar-refractivity contribution in [2.75, 3.05) is 46.8 Å². The van der Waals surface area contributed by atoms with Crippen LogP contribution in [0.25, 0.3) is 0 Å². The average molecular weight is 266 g/mol. The van der Waals surface area contributed by atoms with Crippen LogP contribution in [-0.2, 0) is 14.2 Å². The SMILES string of the molecule is COCCOCCOCCOc1cc(C#N)ccn1. The molecule has 1 rings (SSSR count). The summed E-state index contributed by atoms with van der Waals surface area (Å²) in [5, 5.41) is 8.71. The molecule has 0 amide bonds. The van der Waals surface area contributed by atoms with Crippen LogP contribution < -0.4 is 4.74 Å². The molecule has 0 aromatic carbocycles. The lowest BCUT2D eigenvalue weighted by molar-refractivity contribution is 0.0176. The van der Waals surface area contributed by atoms with Crippen LogP contribution in [0.2, 0.25) is 0 Å². The average Bonchev–Trinajstić information content (AvgIpc) is 2.46. The smallest absolute Gasteiger partial charge is 0.214 e. The molecule has 0 saturated carbocycles. The Morgan fingerprint density at radius 1 is 1.11 bits per heavy atom. The predicted octanol–water partition coefficient (Wildman–Crippen LogP) is 1.01. The van der Waals surface area contributed by atoms with E-state index in [0.29, 0.717) is 51.1 Å². The Balaban J connectivity index is 2.00. The van der Waals surface area contributed by atoms with Gasteiger partial charge in [0.2, 0.25) is 5.88 Å². The van der Waals surface area contributed by atoms with Gasteiger partial charge in [0.25, 0.3) is 0 Å². The van der Waals surface area contributed by atoms with E-state index in [1.807, 2.05) is 6.07 Å². The van der Waals surface area contributed by atoms with Gasteiger partial charge >= 0.3 is 0 Å². The molecule has 0 unspecified atom stereocenters. The van der Waals surface area contributed by atoms with E-state index in [9.17, 15) is 0 Å². The van der Waals surface area contributed by atoms with E-state index in [0.717, 1.165) is 0 Å². The largest absolute Gasteiger partial charge is 0.475 e. The molecule has 0 fully saturated rings. The van der Waals surface area contributed by atoms with Crippen molar-refractivity contribution in [2.45, 2.75) is 0 Å². The normalized spacial score (nSPS) is 10.1. The molecule has 1 heterocycles. The molecule has 19 heavy (non-hydrogen) atoms. The number of nitrogens with zero attached hydrogens (tertiary/aromatic N) is 2. The Hall–Kier alpha value is -1.68. The molecular formula is C13H18N2O4. The van der Waals surface area contributed by atoms with Crippen molar-refractivity contribution in [1.82, 2.24) is 4.98 Å². The number of aromatic nitrogens is 1. The van der Waals surface area contributed by atoms with E-state index in [4.69, 9.17) is 24.2 Å². The molecule has 1 aromatic heterocycles. The van der Waals surface area contributed by atoms with Crippen LogP contribution in [0.4, 0.5) is 0 Å². The topological polar surface area (TPSA) is 73.6 Å². The molecule has 0 radical (unpaired) electrons.